The number of carbonyl (C=O) groups excluding carboxylic acids is 2. The van der Waals surface area contributed by atoms with Gasteiger partial charge < -0.3 is 9.84 Å². The smallest absolute Gasteiger partial charge is 0.265 e. The lowest BCUT2D eigenvalue weighted by atomic mass is 10.1. The first kappa shape index (κ1) is 16.9. The van der Waals surface area contributed by atoms with Crippen LogP contribution in [0.25, 0.3) is 5.69 Å². The molecule has 1 N–H and O–H groups in total. The number of para-hydroxylation sites is 1. The molecule has 136 valence electrons. The summed E-state index contributed by atoms with van der Waals surface area (Å²) >= 11 is 0. The van der Waals surface area contributed by atoms with Crippen LogP contribution < -0.4 is 9.64 Å². The molecule has 0 aliphatic carbocycles. The largest absolute Gasteiger partial charge is 0.482 e. The molecular weight excluding hydrogens is 348 g/mol. The zero-order valence-corrected chi connectivity index (χ0v) is 14.3. The summed E-state index contributed by atoms with van der Waals surface area (Å²) in [7, 11) is 0. The van der Waals surface area contributed by atoms with Crippen molar-refractivity contribution in [1.29, 1.82) is 0 Å². The first-order valence-electron chi connectivity index (χ1n) is 8.33. The van der Waals surface area contributed by atoms with Crippen molar-refractivity contribution >= 4 is 17.4 Å². The molecule has 0 saturated carbocycles. The number of aliphatic hydroxyl groups is 1. The third-order valence-electron chi connectivity index (χ3n) is 4.23. The Balaban J connectivity index is 1.64. The lowest BCUT2D eigenvalue weighted by Crippen LogP contribution is -2.38. The van der Waals surface area contributed by atoms with Crippen molar-refractivity contribution in [3.05, 3.63) is 66.2 Å². The van der Waals surface area contributed by atoms with Gasteiger partial charge in [0.2, 0.25) is 0 Å². The molecule has 1 aliphatic rings. The Morgan fingerprint density at radius 1 is 1.19 bits per heavy atom. The summed E-state index contributed by atoms with van der Waals surface area (Å²) in [5.41, 5.74) is 1.63. The van der Waals surface area contributed by atoms with Crippen molar-refractivity contribution in [2.24, 2.45) is 0 Å². The molecule has 0 unspecified atom stereocenters. The molecule has 1 amide bonds. The van der Waals surface area contributed by atoms with E-state index in [2.05, 4.69) is 10.1 Å². The van der Waals surface area contributed by atoms with E-state index in [0.29, 0.717) is 22.8 Å². The van der Waals surface area contributed by atoms with Crippen LogP contribution in [0.3, 0.4) is 0 Å². The van der Waals surface area contributed by atoms with Crippen molar-refractivity contribution in [2.45, 2.75) is 6.54 Å². The molecule has 2 aromatic carbocycles. The number of anilines is 1. The fourth-order valence-corrected chi connectivity index (χ4v) is 2.86. The van der Waals surface area contributed by atoms with Crippen molar-refractivity contribution in [3.8, 4) is 11.4 Å². The van der Waals surface area contributed by atoms with Gasteiger partial charge in [-0.05, 0) is 30.3 Å². The molecule has 27 heavy (non-hydrogen) atoms. The number of hydrogen-bond donors (Lipinski definition) is 1. The zero-order chi connectivity index (χ0) is 18.8. The molecule has 1 aliphatic heterocycles. The van der Waals surface area contributed by atoms with Crippen molar-refractivity contribution in [2.75, 3.05) is 18.1 Å². The second-order valence-corrected chi connectivity index (χ2v) is 5.97. The van der Waals surface area contributed by atoms with Crippen molar-refractivity contribution in [3.63, 3.8) is 0 Å². The molecule has 8 nitrogen and oxygen atoms in total. The van der Waals surface area contributed by atoms with Crippen LogP contribution in [-0.2, 0) is 11.3 Å². The van der Waals surface area contributed by atoms with Gasteiger partial charge in [0.15, 0.2) is 18.2 Å². The average Bonchev–Trinajstić information content (AvgIpc) is 3.18. The number of fused-ring (bicyclic) bond motifs is 1. The van der Waals surface area contributed by atoms with Crippen molar-refractivity contribution in [1.82, 2.24) is 14.8 Å². The maximum atomic E-state index is 12.4. The number of benzene rings is 2. The summed E-state index contributed by atoms with van der Waals surface area (Å²) in [6.07, 6.45) is 1.59. The minimum Gasteiger partial charge on any atom is -0.482 e. The van der Waals surface area contributed by atoms with Gasteiger partial charge in [-0.2, -0.15) is 0 Å². The molecule has 0 spiro atoms. The molecule has 4 rings (SSSR count). The Kier molecular flexibility index (Phi) is 4.39. The summed E-state index contributed by atoms with van der Waals surface area (Å²) in [6.45, 7) is -0.553. The zero-order valence-electron chi connectivity index (χ0n) is 14.3. The van der Waals surface area contributed by atoms with Crippen LogP contribution in [0.15, 0.2) is 54.9 Å². The minimum atomic E-state index is -0.601. The van der Waals surface area contributed by atoms with E-state index in [9.17, 15) is 9.59 Å². The molecule has 2 heterocycles. The van der Waals surface area contributed by atoms with Gasteiger partial charge in [0.05, 0.1) is 17.9 Å². The predicted molar refractivity (Wildman–Crippen MR) is 95.9 cm³/mol. The molecule has 0 radical (unpaired) electrons. The van der Waals surface area contributed by atoms with E-state index in [1.165, 1.54) is 4.90 Å². The average molecular weight is 364 g/mol. The summed E-state index contributed by atoms with van der Waals surface area (Å²) in [4.78, 5) is 29.9. The summed E-state index contributed by atoms with van der Waals surface area (Å²) in [6, 6.07) is 14.2. The first-order valence-corrected chi connectivity index (χ1v) is 8.33. The Morgan fingerprint density at radius 3 is 2.78 bits per heavy atom. The Hall–Kier alpha value is -3.52. The predicted octanol–water partition coefficient (Wildman–Crippen LogP) is 1.37. The lowest BCUT2D eigenvalue weighted by Gasteiger charge is -2.28. The molecule has 3 aromatic rings. The number of hydrogen-bond acceptors (Lipinski definition) is 6. The van der Waals surface area contributed by atoms with E-state index in [1.807, 2.05) is 30.3 Å². The van der Waals surface area contributed by atoms with Gasteiger partial charge in [0.25, 0.3) is 5.91 Å². The SMILES string of the molecule is O=C(CO)c1ccc2c(c1)N(Cc1ncn(-c3ccccc3)n1)C(=O)CO2. The van der Waals surface area contributed by atoms with Crippen LogP contribution in [0.1, 0.15) is 16.2 Å². The van der Waals surface area contributed by atoms with Crippen LogP contribution in [0.2, 0.25) is 0 Å². The second-order valence-electron chi connectivity index (χ2n) is 5.97. The minimum absolute atomic E-state index is 0.0975. The van der Waals surface area contributed by atoms with E-state index in [4.69, 9.17) is 9.84 Å². The van der Waals surface area contributed by atoms with E-state index >= 15 is 0 Å². The van der Waals surface area contributed by atoms with Crippen LogP contribution in [0.5, 0.6) is 5.75 Å². The van der Waals surface area contributed by atoms with Crippen LogP contribution in [-0.4, -0.2) is 44.8 Å². The molecule has 8 heteroatoms. The molecule has 0 fully saturated rings. The number of nitrogens with zero attached hydrogens (tertiary/aromatic N) is 4. The quantitative estimate of drug-likeness (QED) is 0.687. The highest BCUT2D eigenvalue weighted by Gasteiger charge is 2.27. The highest BCUT2D eigenvalue weighted by atomic mass is 16.5. The highest BCUT2D eigenvalue weighted by Crippen LogP contribution is 2.33. The number of Topliss-reactive ketones (excluding diaryl/α,β-unsaturated/α-hetero) is 1. The number of rotatable bonds is 5. The number of carbonyl (C=O) groups is 2. The number of ketones is 1. The summed E-state index contributed by atoms with van der Waals surface area (Å²) < 4.78 is 7.07. The number of aliphatic hydroxyl groups excluding tert-OH is 1. The van der Waals surface area contributed by atoms with E-state index < -0.39 is 12.4 Å². The Labute approximate surface area is 154 Å². The van der Waals surface area contributed by atoms with E-state index in [1.54, 1.807) is 29.2 Å². The lowest BCUT2D eigenvalue weighted by molar-refractivity contribution is -0.121. The molecular formula is C19H16N4O4. The summed E-state index contributed by atoms with van der Waals surface area (Å²) in [5, 5.41) is 13.5. The van der Waals surface area contributed by atoms with Gasteiger partial charge in [0, 0.05) is 5.56 Å². The maximum Gasteiger partial charge on any atom is 0.265 e. The Morgan fingerprint density at radius 2 is 2.00 bits per heavy atom. The third-order valence-corrected chi connectivity index (χ3v) is 4.23. The topological polar surface area (TPSA) is 97.5 Å². The first-order chi connectivity index (χ1) is 13.2. The van der Waals surface area contributed by atoms with Crippen LogP contribution >= 0.6 is 0 Å². The molecule has 0 atom stereocenters. The Bertz CT molecular complexity index is 1000. The van der Waals surface area contributed by atoms with Gasteiger partial charge in [0.1, 0.15) is 18.7 Å². The summed E-state index contributed by atoms with van der Waals surface area (Å²) in [5.74, 6) is 0.264. The number of ether oxygens (including phenoxy) is 1. The normalized spacial score (nSPS) is 13.2. The van der Waals surface area contributed by atoms with Crippen LogP contribution in [0, 0.1) is 0 Å². The fourth-order valence-electron chi connectivity index (χ4n) is 2.86. The van der Waals surface area contributed by atoms with Gasteiger partial charge in [-0.1, -0.05) is 18.2 Å². The number of amides is 1. The van der Waals surface area contributed by atoms with E-state index in [-0.39, 0.29) is 19.1 Å². The van der Waals surface area contributed by atoms with Gasteiger partial charge in [-0.15, -0.1) is 5.10 Å². The van der Waals surface area contributed by atoms with Crippen molar-refractivity contribution < 1.29 is 19.4 Å². The maximum absolute atomic E-state index is 12.4. The third kappa shape index (κ3) is 3.30. The number of aromatic nitrogens is 3. The van der Waals surface area contributed by atoms with Gasteiger partial charge in [-0.3, -0.25) is 14.5 Å². The van der Waals surface area contributed by atoms with Gasteiger partial charge in [-0.25, -0.2) is 9.67 Å². The molecule has 0 saturated heterocycles. The second kappa shape index (κ2) is 7.00. The van der Waals surface area contributed by atoms with E-state index in [0.717, 1.165) is 5.69 Å². The molecule has 1 aromatic heterocycles. The van der Waals surface area contributed by atoms with Gasteiger partial charge >= 0.3 is 0 Å². The fraction of sp³-hybridized carbons (Fsp3) is 0.158. The van der Waals surface area contributed by atoms with Crippen LogP contribution in [0.4, 0.5) is 5.69 Å². The molecule has 0 bridgehead atoms. The highest BCUT2D eigenvalue weighted by molar-refractivity contribution is 6.02. The monoisotopic (exact) mass is 364 g/mol. The standard InChI is InChI=1S/C19H16N4O4/c24-10-16(25)13-6-7-17-15(8-13)22(19(26)11-27-17)9-18-20-12-23(21-18)14-4-2-1-3-5-14/h1-8,12,24H,9-11H2.